The molecular formula is C16H11FN2OS. The topological polar surface area (TPSA) is 56.0 Å². The number of thiazole rings is 1. The van der Waals surface area contributed by atoms with Crippen molar-refractivity contribution in [2.75, 3.05) is 5.73 Å². The zero-order valence-corrected chi connectivity index (χ0v) is 11.7. The summed E-state index contributed by atoms with van der Waals surface area (Å²) in [6, 6.07) is 15.0. The summed E-state index contributed by atoms with van der Waals surface area (Å²) in [5.41, 5.74) is 7.00. The fourth-order valence-corrected chi connectivity index (χ4v) is 2.91. The largest absolute Gasteiger partial charge is 0.382 e. The molecule has 3 aromatic rings. The lowest BCUT2D eigenvalue weighted by Crippen LogP contribution is -2.02. The normalized spacial score (nSPS) is 10.5. The number of benzene rings is 2. The molecule has 1 aromatic heterocycles. The van der Waals surface area contributed by atoms with Gasteiger partial charge in [-0.3, -0.25) is 4.79 Å². The van der Waals surface area contributed by atoms with Gasteiger partial charge in [-0.15, -0.1) is 11.3 Å². The van der Waals surface area contributed by atoms with E-state index < -0.39 is 5.82 Å². The highest BCUT2D eigenvalue weighted by Gasteiger charge is 2.18. The number of halogens is 1. The van der Waals surface area contributed by atoms with Gasteiger partial charge in [0.2, 0.25) is 5.78 Å². The van der Waals surface area contributed by atoms with E-state index in [2.05, 4.69) is 4.98 Å². The van der Waals surface area contributed by atoms with E-state index in [1.807, 2.05) is 30.3 Å². The molecule has 0 saturated carbocycles. The first-order valence-corrected chi connectivity index (χ1v) is 7.09. The van der Waals surface area contributed by atoms with Crippen LogP contribution in [0.3, 0.4) is 0 Å². The second-order valence-electron chi connectivity index (χ2n) is 4.44. The Kier molecular flexibility index (Phi) is 3.50. The van der Waals surface area contributed by atoms with Gasteiger partial charge in [-0.2, -0.15) is 0 Å². The van der Waals surface area contributed by atoms with Crippen LogP contribution in [0.2, 0.25) is 0 Å². The molecule has 0 aliphatic heterocycles. The monoisotopic (exact) mass is 298 g/mol. The zero-order chi connectivity index (χ0) is 14.8. The number of carbonyl (C=O) groups excluding carboxylic acids is 1. The Bertz CT molecular complexity index is 799. The average molecular weight is 298 g/mol. The van der Waals surface area contributed by atoms with Crippen molar-refractivity contribution in [3.8, 4) is 10.6 Å². The van der Waals surface area contributed by atoms with Gasteiger partial charge in [-0.25, -0.2) is 9.37 Å². The first kappa shape index (κ1) is 13.5. The molecule has 21 heavy (non-hydrogen) atoms. The summed E-state index contributed by atoms with van der Waals surface area (Å²) < 4.78 is 13.2. The fraction of sp³-hybridized carbons (Fsp3) is 0. The van der Waals surface area contributed by atoms with E-state index >= 15 is 0 Å². The molecule has 0 radical (unpaired) electrons. The fourth-order valence-electron chi connectivity index (χ4n) is 1.96. The van der Waals surface area contributed by atoms with E-state index in [9.17, 15) is 9.18 Å². The quantitative estimate of drug-likeness (QED) is 0.749. The van der Waals surface area contributed by atoms with Crippen LogP contribution in [0.4, 0.5) is 10.2 Å². The molecule has 0 amide bonds. The van der Waals surface area contributed by atoms with Crippen LogP contribution in [-0.4, -0.2) is 10.8 Å². The second kappa shape index (κ2) is 5.46. The molecular weight excluding hydrogens is 287 g/mol. The summed E-state index contributed by atoms with van der Waals surface area (Å²) in [7, 11) is 0. The van der Waals surface area contributed by atoms with E-state index in [0.29, 0.717) is 9.88 Å². The van der Waals surface area contributed by atoms with E-state index in [0.717, 1.165) is 5.56 Å². The predicted molar refractivity (Wildman–Crippen MR) is 81.8 cm³/mol. The predicted octanol–water partition coefficient (Wildman–Crippen LogP) is 3.76. The first-order chi connectivity index (χ1) is 10.1. The third-order valence-electron chi connectivity index (χ3n) is 2.97. The Morgan fingerprint density at radius 3 is 2.57 bits per heavy atom. The van der Waals surface area contributed by atoms with Gasteiger partial charge in [-0.1, -0.05) is 42.5 Å². The molecule has 0 atom stereocenters. The number of nitrogens with two attached hydrogens (primary N) is 1. The summed E-state index contributed by atoms with van der Waals surface area (Å²) in [5, 5.41) is 0.674. The summed E-state index contributed by atoms with van der Waals surface area (Å²) in [6.07, 6.45) is 0. The lowest BCUT2D eigenvalue weighted by molar-refractivity contribution is 0.104. The minimum absolute atomic E-state index is 0.174. The molecule has 3 nitrogen and oxygen atoms in total. The van der Waals surface area contributed by atoms with Crippen molar-refractivity contribution in [3.63, 3.8) is 0 Å². The lowest BCUT2D eigenvalue weighted by atomic mass is 10.1. The van der Waals surface area contributed by atoms with E-state index in [4.69, 9.17) is 5.73 Å². The van der Waals surface area contributed by atoms with Crippen molar-refractivity contribution < 1.29 is 9.18 Å². The molecule has 2 aromatic carbocycles. The summed E-state index contributed by atoms with van der Waals surface area (Å²) in [6.45, 7) is 0. The van der Waals surface area contributed by atoms with Gasteiger partial charge in [-0.05, 0) is 12.1 Å². The highest BCUT2D eigenvalue weighted by Crippen LogP contribution is 2.31. The van der Waals surface area contributed by atoms with E-state index in [-0.39, 0.29) is 17.2 Å². The molecule has 0 aliphatic rings. The van der Waals surface area contributed by atoms with Crippen molar-refractivity contribution in [1.82, 2.24) is 4.98 Å². The van der Waals surface area contributed by atoms with Crippen molar-refractivity contribution in [1.29, 1.82) is 0 Å². The number of rotatable bonds is 3. The molecule has 2 N–H and O–H groups in total. The molecule has 1 heterocycles. The summed E-state index contributed by atoms with van der Waals surface area (Å²) in [5.74, 6) is -0.591. The number of hydrogen-bond donors (Lipinski definition) is 1. The number of hydrogen-bond acceptors (Lipinski definition) is 4. The van der Waals surface area contributed by atoms with Gasteiger partial charge in [0.25, 0.3) is 0 Å². The Labute approximate surface area is 124 Å². The van der Waals surface area contributed by atoms with E-state index in [1.165, 1.54) is 29.5 Å². The van der Waals surface area contributed by atoms with Gasteiger partial charge in [0, 0.05) is 11.1 Å². The van der Waals surface area contributed by atoms with Crippen LogP contribution >= 0.6 is 11.3 Å². The number of aromatic nitrogens is 1. The van der Waals surface area contributed by atoms with Crippen molar-refractivity contribution in [2.45, 2.75) is 0 Å². The van der Waals surface area contributed by atoms with Gasteiger partial charge >= 0.3 is 0 Å². The van der Waals surface area contributed by atoms with Gasteiger partial charge < -0.3 is 5.73 Å². The Morgan fingerprint density at radius 2 is 1.86 bits per heavy atom. The van der Waals surface area contributed by atoms with Crippen LogP contribution in [0.1, 0.15) is 15.2 Å². The minimum Gasteiger partial charge on any atom is -0.382 e. The van der Waals surface area contributed by atoms with Crippen molar-refractivity contribution in [2.24, 2.45) is 0 Å². The zero-order valence-electron chi connectivity index (χ0n) is 10.9. The van der Waals surface area contributed by atoms with Crippen LogP contribution in [0.15, 0.2) is 54.6 Å². The summed E-state index contributed by atoms with van der Waals surface area (Å²) >= 11 is 1.21. The summed E-state index contributed by atoms with van der Waals surface area (Å²) in [4.78, 5) is 17.0. The van der Waals surface area contributed by atoms with Crippen LogP contribution in [-0.2, 0) is 0 Å². The van der Waals surface area contributed by atoms with Crippen LogP contribution in [0.25, 0.3) is 10.6 Å². The molecule has 0 unspecified atom stereocenters. The standard InChI is InChI=1S/C16H11FN2OS/c17-12-8-4-7-11(9-12)13(20)14-15(18)19-16(21-14)10-5-2-1-3-6-10/h1-9H,18H2. The maximum Gasteiger partial charge on any atom is 0.206 e. The SMILES string of the molecule is Nc1nc(-c2ccccc2)sc1C(=O)c1cccc(F)c1. The number of nitrogen functional groups attached to an aromatic ring is 1. The molecule has 0 aliphatic carbocycles. The van der Waals surface area contributed by atoms with Gasteiger partial charge in [0.05, 0.1) is 0 Å². The molecule has 0 spiro atoms. The Hall–Kier alpha value is -2.53. The highest BCUT2D eigenvalue weighted by atomic mass is 32.1. The lowest BCUT2D eigenvalue weighted by Gasteiger charge is -1.98. The smallest absolute Gasteiger partial charge is 0.206 e. The second-order valence-corrected chi connectivity index (χ2v) is 5.44. The van der Waals surface area contributed by atoms with E-state index in [1.54, 1.807) is 6.07 Å². The number of nitrogens with zero attached hydrogens (tertiary/aromatic N) is 1. The average Bonchev–Trinajstić information content (AvgIpc) is 2.89. The van der Waals surface area contributed by atoms with Gasteiger partial charge in [0.1, 0.15) is 21.5 Å². The van der Waals surface area contributed by atoms with Gasteiger partial charge in [0.15, 0.2) is 0 Å². The van der Waals surface area contributed by atoms with Crippen molar-refractivity contribution in [3.05, 3.63) is 70.9 Å². The number of anilines is 1. The van der Waals surface area contributed by atoms with Crippen LogP contribution < -0.4 is 5.73 Å². The maximum absolute atomic E-state index is 13.2. The molecule has 104 valence electrons. The molecule has 0 saturated heterocycles. The first-order valence-electron chi connectivity index (χ1n) is 6.27. The van der Waals surface area contributed by atoms with Crippen LogP contribution in [0, 0.1) is 5.82 Å². The molecule has 5 heteroatoms. The Balaban J connectivity index is 2.00. The third-order valence-corrected chi connectivity index (χ3v) is 4.09. The van der Waals surface area contributed by atoms with Crippen LogP contribution in [0.5, 0.6) is 0 Å². The molecule has 0 bridgehead atoms. The Morgan fingerprint density at radius 1 is 1.10 bits per heavy atom. The van der Waals surface area contributed by atoms with Crippen molar-refractivity contribution >= 4 is 22.9 Å². The minimum atomic E-state index is -0.452. The number of carbonyl (C=O) groups is 1. The number of ketones is 1. The highest BCUT2D eigenvalue weighted by molar-refractivity contribution is 7.17. The third kappa shape index (κ3) is 2.68. The maximum atomic E-state index is 13.2. The molecule has 3 rings (SSSR count). The molecule has 0 fully saturated rings.